The van der Waals surface area contributed by atoms with Crippen molar-refractivity contribution in [2.45, 2.75) is 6.54 Å². The number of nitrogens with two attached hydrogens (primary N) is 1. The van der Waals surface area contributed by atoms with E-state index in [1.54, 1.807) is 18.3 Å². The van der Waals surface area contributed by atoms with Crippen molar-refractivity contribution in [3.05, 3.63) is 44.6 Å². The molecular formula is C11H9BrFN3S2. The molecular weight excluding hydrogens is 337 g/mol. The number of hydrogen-bond acceptors (Lipinski definition) is 4. The first-order valence-electron chi connectivity index (χ1n) is 4.99. The summed E-state index contributed by atoms with van der Waals surface area (Å²) in [5, 5.41) is 5.75. The van der Waals surface area contributed by atoms with Crippen LogP contribution in [0.2, 0.25) is 0 Å². The summed E-state index contributed by atoms with van der Waals surface area (Å²) in [4.78, 5) is 4.27. The first kappa shape index (κ1) is 13.4. The van der Waals surface area contributed by atoms with Crippen molar-refractivity contribution < 1.29 is 4.39 Å². The fraction of sp³-hybridized carbons (Fsp3) is 0.0909. The molecule has 18 heavy (non-hydrogen) atoms. The van der Waals surface area contributed by atoms with Gasteiger partial charge in [0.25, 0.3) is 0 Å². The van der Waals surface area contributed by atoms with Crippen molar-refractivity contribution in [1.29, 1.82) is 0 Å². The first-order valence-corrected chi connectivity index (χ1v) is 7.07. The van der Waals surface area contributed by atoms with Gasteiger partial charge in [-0.1, -0.05) is 12.2 Å². The number of anilines is 1. The molecule has 2 rings (SSSR count). The number of rotatable bonds is 4. The van der Waals surface area contributed by atoms with Gasteiger partial charge in [-0.05, 0) is 28.1 Å². The minimum atomic E-state index is -0.406. The maximum Gasteiger partial charge on any atom is 0.161 e. The van der Waals surface area contributed by atoms with Crippen molar-refractivity contribution in [2.24, 2.45) is 5.73 Å². The minimum absolute atomic E-state index is 0.159. The van der Waals surface area contributed by atoms with Crippen LogP contribution in [0.25, 0.3) is 0 Å². The number of thiazole rings is 1. The summed E-state index contributed by atoms with van der Waals surface area (Å²) < 4.78 is 14.3. The van der Waals surface area contributed by atoms with E-state index >= 15 is 0 Å². The molecule has 0 saturated heterocycles. The van der Waals surface area contributed by atoms with Crippen molar-refractivity contribution in [2.75, 3.05) is 5.32 Å². The average Bonchev–Trinajstić information content (AvgIpc) is 2.83. The van der Waals surface area contributed by atoms with E-state index in [1.165, 1.54) is 11.3 Å². The third kappa shape index (κ3) is 2.85. The van der Waals surface area contributed by atoms with Crippen LogP contribution in [0.3, 0.4) is 0 Å². The maximum atomic E-state index is 14.0. The Hall–Kier alpha value is -1.05. The van der Waals surface area contributed by atoms with Crippen LogP contribution in [-0.4, -0.2) is 9.97 Å². The van der Waals surface area contributed by atoms with E-state index < -0.39 is 5.82 Å². The molecule has 0 radical (unpaired) electrons. The lowest BCUT2D eigenvalue weighted by Gasteiger charge is -2.10. The zero-order valence-corrected chi connectivity index (χ0v) is 12.3. The second-order valence-corrected chi connectivity index (χ2v) is 5.64. The molecule has 3 N–H and O–H groups in total. The summed E-state index contributed by atoms with van der Waals surface area (Å²) >= 11 is 9.50. The normalized spacial score (nSPS) is 10.3. The van der Waals surface area contributed by atoms with Crippen LogP contribution in [0.4, 0.5) is 10.1 Å². The monoisotopic (exact) mass is 345 g/mol. The van der Waals surface area contributed by atoms with Crippen LogP contribution in [0, 0.1) is 5.82 Å². The van der Waals surface area contributed by atoms with Gasteiger partial charge in [0.1, 0.15) is 10.00 Å². The smallest absolute Gasteiger partial charge is 0.161 e. The molecule has 94 valence electrons. The highest BCUT2D eigenvalue weighted by molar-refractivity contribution is 9.10. The zero-order chi connectivity index (χ0) is 13.1. The molecule has 0 unspecified atom stereocenters. The standard InChI is InChI=1S/C11H9BrFN3S2/c12-9-6(11(14)17)1-2-7(10(9)13)16-5-8-15-3-4-18-8/h1-4,16H,5H2,(H2,14,17). The highest BCUT2D eigenvalue weighted by Crippen LogP contribution is 2.27. The summed E-state index contributed by atoms with van der Waals surface area (Å²) in [5.41, 5.74) is 6.37. The van der Waals surface area contributed by atoms with Crippen molar-refractivity contribution in [3.8, 4) is 0 Å². The number of thiocarbonyl (C=S) groups is 1. The van der Waals surface area contributed by atoms with Crippen molar-refractivity contribution in [1.82, 2.24) is 4.98 Å². The number of benzene rings is 1. The summed E-state index contributed by atoms with van der Waals surface area (Å²) in [6.07, 6.45) is 1.71. The molecule has 1 aromatic heterocycles. The lowest BCUT2D eigenvalue weighted by atomic mass is 10.2. The Balaban J connectivity index is 2.19. The first-order chi connectivity index (χ1) is 8.59. The van der Waals surface area contributed by atoms with Crippen LogP contribution in [0.15, 0.2) is 28.2 Å². The zero-order valence-electron chi connectivity index (χ0n) is 9.11. The Kier molecular flexibility index (Phi) is 4.26. The molecule has 0 atom stereocenters. The number of aromatic nitrogens is 1. The van der Waals surface area contributed by atoms with E-state index in [4.69, 9.17) is 18.0 Å². The van der Waals surface area contributed by atoms with Gasteiger partial charge in [-0.15, -0.1) is 11.3 Å². The van der Waals surface area contributed by atoms with Crippen LogP contribution >= 0.6 is 39.5 Å². The molecule has 3 nitrogen and oxygen atoms in total. The Morgan fingerprint density at radius 3 is 2.94 bits per heavy atom. The second-order valence-electron chi connectivity index (χ2n) is 3.43. The van der Waals surface area contributed by atoms with Crippen molar-refractivity contribution in [3.63, 3.8) is 0 Å². The minimum Gasteiger partial charge on any atom is -0.389 e. The maximum absolute atomic E-state index is 14.0. The molecule has 0 aliphatic carbocycles. The third-order valence-electron chi connectivity index (χ3n) is 2.26. The van der Waals surface area contributed by atoms with Crippen LogP contribution in [0.5, 0.6) is 0 Å². The van der Waals surface area contributed by atoms with E-state index in [0.29, 0.717) is 17.8 Å². The van der Waals surface area contributed by atoms with Crippen LogP contribution in [0.1, 0.15) is 10.6 Å². The molecule has 0 bridgehead atoms. The number of nitrogens with zero attached hydrogens (tertiary/aromatic N) is 1. The van der Waals surface area contributed by atoms with Gasteiger partial charge < -0.3 is 11.1 Å². The van der Waals surface area contributed by atoms with Gasteiger partial charge >= 0.3 is 0 Å². The summed E-state index contributed by atoms with van der Waals surface area (Å²) in [7, 11) is 0. The molecule has 1 aromatic carbocycles. The molecule has 2 aromatic rings. The average molecular weight is 346 g/mol. The lowest BCUT2D eigenvalue weighted by Crippen LogP contribution is -2.12. The fourth-order valence-corrected chi connectivity index (χ4v) is 2.80. The highest BCUT2D eigenvalue weighted by Gasteiger charge is 2.12. The Morgan fingerprint density at radius 2 is 2.33 bits per heavy atom. The highest BCUT2D eigenvalue weighted by atomic mass is 79.9. The Bertz CT molecular complexity index is 572. The number of halogens is 2. The molecule has 0 aliphatic rings. The molecule has 0 fully saturated rings. The van der Waals surface area contributed by atoms with Gasteiger partial charge in [-0.25, -0.2) is 9.37 Å². The van der Waals surface area contributed by atoms with E-state index in [0.717, 1.165) is 5.01 Å². The molecule has 0 saturated carbocycles. The summed E-state index contributed by atoms with van der Waals surface area (Å²) in [6, 6.07) is 3.29. The van der Waals surface area contributed by atoms with Crippen LogP contribution < -0.4 is 11.1 Å². The summed E-state index contributed by atoms with van der Waals surface area (Å²) in [6.45, 7) is 0.480. The lowest BCUT2D eigenvalue weighted by molar-refractivity contribution is 0.623. The Morgan fingerprint density at radius 1 is 1.56 bits per heavy atom. The van der Waals surface area contributed by atoms with E-state index in [1.807, 2.05) is 5.38 Å². The van der Waals surface area contributed by atoms with E-state index in [-0.39, 0.29) is 9.46 Å². The second kappa shape index (κ2) is 5.73. The van der Waals surface area contributed by atoms with Gasteiger partial charge in [-0.2, -0.15) is 0 Å². The molecule has 0 aliphatic heterocycles. The topological polar surface area (TPSA) is 50.9 Å². The van der Waals surface area contributed by atoms with Gasteiger partial charge in [-0.3, -0.25) is 0 Å². The SMILES string of the molecule is NC(=S)c1ccc(NCc2nccs2)c(F)c1Br. The molecule has 1 heterocycles. The third-order valence-corrected chi connectivity index (χ3v) is 4.04. The van der Waals surface area contributed by atoms with Gasteiger partial charge in [0.2, 0.25) is 0 Å². The molecule has 0 amide bonds. The fourth-order valence-electron chi connectivity index (χ4n) is 1.39. The quantitative estimate of drug-likeness (QED) is 0.835. The van der Waals surface area contributed by atoms with E-state index in [9.17, 15) is 4.39 Å². The Labute approximate surface area is 121 Å². The van der Waals surface area contributed by atoms with Gasteiger partial charge in [0, 0.05) is 17.1 Å². The van der Waals surface area contributed by atoms with E-state index in [2.05, 4.69) is 26.2 Å². The van der Waals surface area contributed by atoms with Gasteiger partial charge in [0.05, 0.1) is 16.7 Å². The van der Waals surface area contributed by atoms with Crippen LogP contribution in [-0.2, 0) is 6.54 Å². The number of hydrogen-bond donors (Lipinski definition) is 2. The molecule has 7 heteroatoms. The summed E-state index contributed by atoms with van der Waals surface area (Å²) in [5.74, 6) is -0.406. The predicted octanol–water partition coefficient (Wildman–Crippen LogP) is 3.29. The van der Waals surface area contributed by atoms with Gasteiger partial charge in [0.15, 0.2) is 5.82 Å². The number of nitrogens with one attached hydrogen (secondary N) is 1. The molecule has 0 spiro atoms. The largest absolute Gasteiger partial charge is 0.389 e. The predicted molar refractivity (Wildman–Crippen MR) is 79.4 cm³/mol. The van der Waals surface area contributed by atoms with Crippen molar-refractivity contribution >= 4 is 50.2 Å².